The first-order chi connectivity index (χ1) is 11.9. The van der Waals surface area contributed by atoms with E-state index in [1.165, 1.54) is 5.56 Å². The Labute approximate surface area is 150 Å². The summed E-state index contributed by atoms with van der Waals surface area (Å²) in [5, 5.41) is 0. The number of ether oxygens (including phenoxy) is 1. The largest absolute Gasteiger partial charge is 0.381 e. The average Bonchev–Trinajstić information content (AvgIpc) is 2.63. The van der Waals surface area contributed by atoms with E-state index in [4.69, 9.17) is 4.74 Å². The van der Waals surface area contributed by atoms with Crippen LogP contribution in [0.25, 0.3) is 0 Å². The van der Waals surface area contributed by atoms with Crippen LogP contribution >= 0.6 is 0 Å². The molecule has 0 aliphatic carbocycles. The van der Waals surface area contributed by atoms with Crippen LogP contribution in [0.2, 0.25) is 0 Å². The van der Waals surface area contributed by atoms with Crippen molar-refractivity contribution < 1.29 is 13.2 Å². The lowest BCUT2D eigenvalue weighted by Gasteiger charge is -2.38. The van der Waals surface area contributed by atoms with E-state index in [1.54, 1.807) is 6.07 Å². The quantitative estimate of drug-likeness (QED) is 0.891. The summed E-state index contributed by atoms with van der Waals surface area (Å²) in [6.45, 7) is 5.42. The topological polar surface area (TPSA) is 55.4 Å². The Balaban J connectivity index is 1.87. The van der Waals surface area contributed by atoms with Crippen LogP contribution in [-0.2, 0) is 20.2 Å². The molecule has 0 unspecified atom stereocenters. The van der Waals surface area contributed by atoms with Crippen LogP contribution in [0, 0.1) is 13.8 Å². The van der Waals surface area contributed by atoms with E-state index in [0.29, 0.717) is 24.7 Å². The first-order valence-electron chi connectivity index (χ1n) is 8.63. The molecule has 1 fully saturated rings. The van der Waals surface area contributed by atoms with Crippen molar-refractivity contribution >= 4 is 10.0 Å². The van der Waals surface area contributed by atoms with Crippen LogP contribution in [0.3, 0.4) is 0 Å². The van der Waals surface area contributed by atoms with E-state index in [9.17, 15) is 8.42 Å². The van der Waals surface area contributed by atoms with Gasteiger partial charge >= 0.3 is 0 Å². The Morgan fingerprint density at radius 1 is 1.04 bits per heavy atom. The minimum Gasteiger partial charge on any atom is -0.381 e. The number of benzene rings is 2. The normalized spacial score (nSPS) is 17.4. The van der Waals surface area contributed by atoms with Gasteiger partial charge in [0.2, 0.25) is 10.0 Å². The highest BCUT2D eigenvalue weighted by Crippen LogP contribution is 2.34. The summed E-state index contributed by atoms with van der Waals surface area (Å²) >= 11 is 0. The van der Waals surface area contributed by atoms with Crippen LogP contribution in [0.15, 0.2) is 53.4 Å². The minimum absolute atomic E-state index is 0.218. The minimum atomic E-state index is -3.55. The molecule has 1 heterocycles. The van der Waals surface area contributed by atoms with Crippen LogP contribution in [0.1, 0.15) is 29.5 Å². The second kappa shape index (κ2) is 7.28. The van der Waals surface area contributed by atoms with E-state index in [0.717, 1.165) is 24.0 Å². The third-order valence-electron chi connectivity index (χ3n) is 5.07. The molecular weight excluding hydrogens is 334 g/mol. The van der Waals surface area contributed by atoms with Gasteiger partial charge in [0.05, 0.1) is 4.90 Å². The SMILES string of the molecule is Cc1ccc(C)c(S(=O)(=O)NCC2(c3ccccc3)CCOCC2)c1. The highest BCUT2D eigenvalue weighted by molar-refractivity contribution is 7.89. The third kappa shape index (κ3) is 3.94. The zero-order valence-electron chi connectivity index (χ0n) is 14.8. The van der Waals surface area contributed by atoms with Gasteiger partial charge < -0.3 is 4.74 Å². The van der Waals surface area contributed by atoms with E-state index in [-0.39, 0.29) is 5.41 Å². The smallest absolute Gasteiger partial charge is 0.240 e. The van der Waals surface area contributed by atoms with Gasteiger partial charge in [-0.1, -0.05) is 42.5 Å². The molecule has 0 atom stereocenters. The fraction of sp³-hybridized carbons (Fsp3) is 0.400. The van der Waals surface area contributed by atoms with Crippen molar-refractivity contribution in [3.05, 3.63) is 65.2 Å². The lowest BCUT2D eigenvalue weighted by Crippen LogP contribution is -2.44. The molecule has 1 aliphatic rings. The van der Waals surface area contributed by atoms with E-state index < -0.39 is 10.0 Å². The van der Waals surface area contributed by atoms with Crippen molar-refractivity contribution in [2.75, 3.05) is 19.8 Å². The second-order valence-electron chi connectivity index (χ2n) is 6.85. The first kappa shape index (κ1) is 18.1. The summed E-state index contributed by atoms with van der Waals surface area (Å²) < 4.78 is 34.1. The molecule has 1 N–H and O–H groups in total. The summed E-state index contributed by atoms with van der Waals surface area (Å²) in [7, 11) is -3.55. The van der Waals surface area contributed by atoms with Crippen LogP contribution in [0.4, 0.5) is 0 Å². The Morgan fingerprint density at radius 2 is 1.72 bits per heavy atom. The molecule has 3 rings (SSSR count). The summed E-state index contributed by atoms with van der Waals surface area (Å²) in [4.78, 5) is 0.364. The lowest BCUT2D eigenvalue weighted by atomic mass is 9.74. The maximum absolute atomic E-state index is 12.9. The monoisotopic (exact) mass is 359 g/mol. The molecule has 4 nitrogen and oxygen atoms in total. The Kier molecular flexibility index (Phi) is 5.27. The van der Waals surface area contributed by atoms with Gasteiger partial charge in [-0.05, 0) is 49.4 Å². The molecule has 25 heavy (non-hydrogen) atoms. The van der Waals surface area contributed by atoms with Crippen LogP contribution in [0.5, 0.6) is 0 Å². The molecule has 2 aromatic rings. The Bertz CT molecular complexity index is 825. The van der Waals surface area contributed by atoms with E-state index in [2.05, 4.69) is 16.9 Å². The summed E-state index contributed by atoms with van der Waals surface area (Å²) in [6.07, 6.45) is 1.62. The number of hydrogen-bond donors (Lipinski definition) is 1. The molecule has 0 aromatic heterocycles. The number of aryl methyl sites for hydroxylation is 2. The first-order valence-corrected chi connectivity index (χ1v) is 10.1. The maximum Gasteiger partial charge on any atom is 0.240 e. The zero-order chi connectivity index (χ0) is 17.9. The van der Waals surface area contributed by atoms with Crippen LogP contribution in [-0.4, -0.2) is 28.2 Å². The van der Waals surface area contributed by atoms with Gasteiger partial charge in [0.25, 0.3) is 0 Å². The standard InChI is InChI=1S/C20H25NO3S/c1-16-8-9-17(2)19(14-16)25(22,23)21-15-20(10-12-24-13-11-20)18-6-4-3-5-7-18/h3-9,14,21H,10-13,15H2,1-2H3. The van der Waals surface area contributed by atoms with E-state index >= 15 is 0 Å². The number of nitrogens with one attached hydrogen (secondary N) is 1. The molecular formula is C20H25NO3S. The van der Waals surface area contributed by atoms with Gasteiger partial charge in [-0.3, -0.25) is 0 Å². The summed E-state index contributed by atoms with van der Waals surface area (Å²) in [5.74, 6) is 0. The van der Waals surface area contributed by atoms with Crippen LogP contribution < -0.4 is 4.72 Å². The zero-order valence-corrected chi connectivity index (χ0v) is 15.6. The molecule has 0 saturated carbocycles. The number of rotatable bonds is 5. The lowest BCUT2D eigenvalue weighted by molar-refractivity contribution is 0.0517. The van der Waals surface area contributed by atoms with Crippen molar-refractivity contribution in [2.45, 2.75) is 37.0 Å². The van der Waals surface area contributed by atoms with Gasteiger partial charge in [-0.15, -0.1) is 0 Å². The van der Waals surface area contributed by atoms with Gasteiger partial charge in [0.15, 0.2) is 0 Å². The van der Waals surface area contributed by atoms with Gasteiger partial charge in [-0.25, -0.2) is 13.1 Å². The molecule has 0 spiro atoms. The predicted molar refractivity (Wildman–Crippen MR) is 99.3 cm³/mol. The average molecular weight is 359 g/mol. The molecule has 2 aromatic carbocycles. The van der Waals surface area contributed by atoms with Crippen molar-refractivity contribution in [2.24, 2.45) is 0 Å². The van der Waals surface area contributed by atoms with Gasteiger partial charge in [-0.2, -0.15) is 0 Å². The maximum atomic E-state index is 12.9. The third-order valence-corrected chi connectivity index (χ3v) is 6.61. The van der Waals surface area contributed by atoms with Gasteiger partial charge in [0.1, 0.15) is 0 Å². The molecule has 1 aliphatic heterocycles. The van der Waals surface area contributed by atoms with Crippen molar-refractivity contribution in [3.8, 4) is 0 Å². The fourth-order valence-corrected chi connectivity index (χ4v) is 4.88. The van der Waals surface area contributed by atoms with Crippen molar-refractivity contribution in [1.29, 1.82) is 0 Å². The summed E-state index contributed by atoms with van der Waals surface area (Å²) in [6, 6.07) is 15.7. The Hall–Kier alpha value is -1.69. The van der Waals surface area contributed by atoms with Crippen molar-refractivity contribution in [1.82, 2.24) is 4.72 Å². The highest BCUT2D eigenvalue weighted by Gasteiger charge is 2.35. The van der Waals surface area contributed by atoms with Gasteiger partial charge in [0, 0.05) is 25.2 Å². The molecule has 5 heteroatoms. The Morgan fingerprint density at radius 3 is 2.40 bits per heavy atom. The predicted octanol–water partition coefficient (Wildman–Crippen LogP) is 3.33. The number of sulfonamides is 1. The van der Waals surface area contributed by atoms with E-state index in [1.807, 2.05) is 44.2 Å². The molecule has 1 saturated heterocycles. The molecule has 0 radical (unpaired) electrons. The molecule has 134 valence electrons. The fourth-order valence-electron chi connectivity index (χ4n) is 3.43. The molecule has 0 amide bonds. The molecule has 0 bridgehead atoms. The highest BCUT2D eigenvalue weighted by atomic mass is 32.2. The summed E-state index contributed by atoms with van der Waals surface area (Å²) in [5.41, 5.74) is 2.65. The second-order valence-corrected chi connectivity index (χ2v) is 8.59. The number of hydrogen-bond acceptors (Lipinski definition) is 3. The van der Waals surface area contributed by atoms with Crippen molar-refractivity contribution in [3.63, 3.8) is 0 Å².